The minimum atomic E-state index is -0.730. The van der Waals surface area contributed by atoms with Gasteiger partial charge < -0.3 is 14.1 Å². The third-order valence-corrected chi connectivity index (χ3v) is 9.01. The molecule has 0 N–H and O–H groups in total. The average Bonchev–Trinajstić information content (AvgIpc) is 3.48. The molecule has 6 aromatic carbocycles. The van der Waals surface area contributed by atoms with Crippen LogP contribution in [0.2, 0.25) is 0 Å². The first-order valence-electron chi connectivity index (χ1n) is 16.3. The van der Waals surface area contributed by atoms with Crippen molar-refractivity contribution < 1.29 is 28.8 Å². The van der Waals surface area contributed by atoms with Crippen LogP contribution in [0.3, 0.4) is 0 Å². The number of hydrogen-bond acceptors (Lipinski definition) is 7. The highest BCUT2D eigenvalue weighted by Gasteiger charge is 2.22. The number of methoxy groups -OCH3 is 1. The number of nitrogens with zero attached hydrogens (tertiary/aromatic N) is 2. The Kier molecular flexibility index (Phi) is 8.75. The van der Waals surface area contributed by atoms with Gasteiger partial charge in [0, 0.05) is 51.5 Å². The van der Waals surface area contributed by atoms with Crippen molar-refractivity contribution in [2.24, 2.45) is 5.16 Å². The molecule has 7 aromatic rings. The van der Waals surface area contributed by atoms with E-state index in [0.29, 0.717) is 23.2 Å². The van der Waals surface area contributed by atoms with E-state index in [1.54, 1.807) is 42.5 Å². The number of hydrogen-bond donors (Lipinski definition) is 0. The van der Waals surface area contributed by atoms with E-state index in [1.165, 1.54) is 7.11 Å². The van der Waals surface area contributed by atoms with Crippen LogP contribution in [0.1, 0.15) is 56.4 Å². The number of esters is 1. The lowest BCUT2D eigenvalue weighted by molar-refractivity contribution is -0.140. The van der Waals surface area contributed by atoms with E-state index in [-0.39, 0.29) is 29.9 Å². The Morgan fingerprint density at radius 1 is 0.620 bits per heavy atom. The fraction of sp³-hybridized carbons (Fsp3) is 0.119. The van der Waals surface area contributed by atoms with Crippen LogP contribution in [0.5, 0.6) is 0 Å². The molecule has 7 rings (SSSR count). The zero-order chi connectivity index (χ0) is 34.8. The van der Waals surface area contributed by atoms with Crippen LogP contribution in [0.25, 0.3) is 43.4 Å². The Balaban J connectivity index is 1.31. The summed E-state index contributed by atoms with van der Waals surface area (Å²) in [5.41, 5.74) is 3.45. The van der Waals surface area contributed by atoms with Crippen molar-refractivity contribution in [3.8, 4) is 0 Å². The molecule has 0 unspecified atom stereocenters. The smallest absolute Gasteiger partial charge is 0.365 e. The Hall–Kier alpha value is -6.41. The Labute approximate surface area is 287 Å². The molecule has 0 spiro atoms. The maximum Gasteiger partial charge on any atom is 0.365 e. The van der Waals surface area contributed by atoms with Gasteiger partial charge in [0.15, 0.2) is 5.78 Å². The molecule has 1 aromatic heterocycles. The average molecular weight is 661 g/mol. The standard InChI is InChI=1S/C42H32N2O6/c1-3-44-36-20-17-29(40(46)35(19-22-38(45)49-2)43-50-42(48)26-11-5-4-6-12-26)24-33(36)34-25-30(18-21-37(34)44)41(47)39-31-15-9-7-13-27(31)23-28-14-8-10-16-32(28)39/h4-18,20-21,23-25H,3,19,22H2,1-2H3/b43-35-. The monoisotopic (exact) mass is 660 g/mol. The lowest BCUT2D eigenvalue weighted by Gasteiger charge is -2.11. The van der Waals surface area contributed by atoms with Crippen LogP contribution in [0, 0.1) is 0 Å². The first kappa shape index (κ1) is 32.2. The van der Waals surface area contributed by atoms with Gasteiger partial charge in [-0.3, -0.25) is 14.4 Å². The van der Waals surface area contributed by atoms with Gasteiger partial charge in [-0.05, 0) is 83.1 Å². The normalized spacial score (nSPS) is 11.7. The molecule has 0 aliphatic heterocycles. The largest absolute Gasteiger partial charge is 0.469 e. The van der Waals surface area contributed by atoms with Crippen LogP contribution in [-0.4, -0.2) is 40.9 Å². The lowest BCUT2D eigenvalue weighted by atomic mass is 9.91. The minimum absolute atomic E-state index is 0.0954. The van der Waals surface area contributed by atoms with Gasteiger partial charge in [-0.15, -0.1) is 0 Å². The van der Waals surface area contributed by atoms with Crippen molar-refractivity contribution in [1.82, 2.24) is 4.57 Å². The van der Waals surface area contributed by atoms with Gasteiger partial charge in [0.05, 0.1) is 19.1 Å². The molecule has 8 heteroatoms. The third kappa shape index (κ3) is 5.92. The molecule has 1 heterocycles. The summed E-state index contributed by atoms with van der Waals surface area (Å²) in [6, 6.07) is 37.2. The van der Waals surface area contributed by atoms with Crippen LogP contribution >= 0.6 is 0 Å². The molecule has 0 aliphatic rings. The number of ether oxygens (including phenoxy) is 1. The van der Waals surface area contributed by atoms with Crippen LogP contribution in [-0.2, 0) is 20.9 Å². The van der Waals surface area contributed by atoms with E-state index in [2.05, 4.69) is 15.8 Å². The summed E-state index contributed by atoms with van der Waals surface area (Å²) in [7, 11) is 1.26. The first-order chi connectivity index (χ1) is 24.4. The molecule has 246 valence electrons. The van der Waals surface area contributed by atoms with Gasteiger partial charge in [-0.25, -0.2) is 4.79 Å². The number of oxime groups is 1. The molecule has 0 radical (unpaired) electrons. The van der Waals surface area contributed by atoms with Gasteiger partial charge >= 0.3 is 11.9 Å². The molecule has 0 aliphatic carbocycles. The number of rotatable bonds is 10. The predicted molar refractivity (Wildman–Crippen MR) is 195 cm³/mol. The third-order valence-electron chi connectivity index (χ3n) is 9.01. The van der Waals surface area contributed by atoms with E-state index in [0.717, 1.165) is 43.4 Å². The quantitative estimate of drug-likeness (QED) is 0.0363. The number of Topliss-reactive ketones (excluding diaryl/α,β-unsaturated/α-hetero) is 1. The van der Waals surface area contributed by atoms with Crippen molar-refractivity contribution >= 4 is 72.6 Å². The molecule has 50 heavy (non-hydrogen) atoms. The highest BCUT2D eigenvalue weighted by atomic mass is 16.7. The topological polar surface area (TPSA) is 104 Å². The maximum absolute atomic E-state index is 14.4. The minimum Gasteiger partial charge on any atom is -0.469 e. The van der Waals surface area contributed by atoms with Crippen molar-refractivity contribution in [2.75, 3.05) is 7.11 Å². The summed E-state index contributed by atoms with van der Waals surface area (Å²) in [4.78, 5) is 58.1. The molecule has 0 atom stereocenters. The first-order valence-corrected chi connectivity index (χ1v) is 16.3. The number of aromatic nitrogens is 1. The molecular formula is C42H32N2O6. The van der Waals surface area contributed by atoms with Crippen molar-refractivity contribution in [2.45, 2.75) is 26.3 Å². The highest BCUT2D eigenvalue weighted by molar-refractivity contribution is 6.46. The molecule has 0 fully saturated rings. The number of carbonyl (C=O) groups is 4. The summed E-state index contributed by atoms with van der Waals surface area (Å²) in [5, 5.41) is 9.25. The molecule has 0 bridgehead atoms. The number of aryl methyl sites for hydroxylation is 1. The van der Waals surface area contributed by atoms with E-state index < -0.39 is 17.7 Å². The Morgan fingerprint density at radius 2 is 1.20 bits per heavy atom. The fourth-order valence-electron chi connectivity index (χ4n) is 6.54. The van der Waals surface area contributed by atoms with E-state index in [9.17, 15) is 19.2 Å². The van der Waals surface area contributed by atoms with Crippen LogP contribution < -0.4 is 0 Å². The van der Waals surface area contributed by atoms with Crippen molar-refractivity contribution in [3.63, 3.8) is 0 Å². The Bertz CT molecular complexity index is 2460. The maximum atomic E-state index is 14.4. The molecule has 0 saturated heterocycles. The van der Waals surface area contributed by atoms with Crippen LogP contribution in [0.15, 0.2) is 126 Å². The second-order valence-electron chi connectivity index (χ2n) is 11.9. The van der Waals surface area contributed by atoms with Crippen LogP contribution in [0.4, 0.5) is 0 Å². The summed E-state index contributed by atoms with van der Waals surface area (Å²) in [5.74, 6) is -1.85. The zero-order valence-corrected chi connectivity index (χ0v) is 27.5. The van der Waals surface area contributed by atoms with Gasteiger partial charge in [0.25, 0.3) is 0 Å². The van der Waals surface area contributed by atoms with E-state index in [4.69, 9.17) is 9.57 Å². The lowest BCUT2D eigenvalue weighted by Crippen LogP contribution is -2.18. The summed E-state index contributed by atoms with van der Waals surface area (Å²) in [6.45, 7) is 2.70. The second kappa shape index (κ2) is 13.6. The molecular weight excluding hydrogens is 628 g/mol. The van der Waals surface area contributed by atoms with Gasteiger partial charge in [-0.1, -0.05) is 71.9 Å². The number of ketones is 2. The van der Waals surface area contributed by atoms with Gasteiger partial charge in [0.2, 0.25) is 5.78 Å². The second-order valence-corrected chi connectivity index (χ2v) is 11.9. The predicted octanol–water partition coefficient (Wildman–Crippen LogP) is 8.70. The van der Waals surface area contributed by atoms with E-state index >= 15 is 0 Å². The van der Waals surface area contributed by atoms with Gasteiger partial charge in [-0.2, -0.15) is 0 Å². The number of carbonyl (C=O) groups excluding carboxylic acids is 4. The molecule has 0 amide bonds. The zero-order valence-electron chi connectivity index (χ0n) is 27.5. The summed E-state index contributed by atoms with van der Waals surface area (Å²) < 4.78 is 6.90. The summed E-state index contributed by atoms with van der Waals surface area (Å²) >= 11 is 0. The van der Waals surface area contributed by atoms with Crippen molar-refractivity contribution in [3.05, 3.63) is 144 Å². The number of fused-ring (bicyclic) bond motifs is 5. The van der Waals surface area contributed by atoms with E-state index in [1.807, 2.05) is 79.7 Å². The van der Waals surface area contributed by atoms with Crippen molar-refractivity contribution in [1.29, 1.82) is 0 Å². The fourth-order valence-corrected chi connectivity index (χ4v) is 6.54. The summed E-state index contributed by atoms with van der Waals surface area (Å²) in [6.07, 6.45) is -0.227. The SMILES string of the molecule is CCn1c2ccc(C(=O)/C(CCC(=O)OC)=N\OC(=O)c3ccccc3)cc2c2cc(C(=O)c3c4ccccc4cc4ccccc34)ccc21. The number of benzene rings is 6. The Morgan fingerprint density at radius 3 is 1.82 bits per heavy atom. The molecule has 8 nitrogen and oxygen atoms in total. The van der Waals surface area contributed by atoms with Gasteiger partial charge in [0.1, 0.15) is 5.71 Å². The highest BCUT2D eigenvalue weighted by Crippen LogP contribution is 2.34. The molecule has 0 saturated carbocycles.